The Morgan fingerprint density at radius 3 is 2.47 bits per heavy atom. The van der Waals surface area contributed by atoms with E-state index in [0.29, 0.717) is 0 Å². The fraction of sp³-hybridized carbons (Fsp3) is 1.00. The zero-order valence-corrected chi connectivity index (χ0v) is 11.2. The number of likely N-dealkylation sites (tertiary alicyclic amines) is 1. The average molecular weight is 236 g/mol. The molecule has 0 spiro atoms. The van der Waals surface area contributed by atoms with Crippen molar-refractivity contribution in [2.75, 3.05) is 26.2 Å². The minimum absolute atomic E-state index is 0.844. The minimum atomic E-state index is 0.844. The maximum atomic E-state index is 3.82. The van der Waals surface area contributed by atoms with Gasteiger partial charge in [-0.1, -0.05) is 12.8 Å². The third-order valence-corrected chi connectivity index (χ3v) is 5.06. The summed E-state index contributed by atoms with van der Waals surface area (Å²) in [7, 11) is 0. The minimum Gasteiger partial charge on any atom is -0.313 e. The zero-order chi connectivity index (χ0) is 11.5. The molecule has 2 atom stereocenters. The first-order chi connectivity index (χ1) is 8.42. The Bertz CT molecular complexity index is 231. The van der Waals surface area contributed by atoms with Crippen molar-refractivity contribution in [3.63, 3.8) is 0 Å². The highest BCUT2D eigenvalue weighted by molar-refractivity contribution is 4.88. The monoisotopic (exact) mass is 236 g/mol. The van der Waals surface area contributed by atoms with Crippen molar-refractivity contribution in [2.45, 2.75) is 57.4 Å². The Hall–Kier alpha value is -0.0800. The molecule has 0 radical (unpaired) electrons. The van der Waals surface area contributed by atoms with Gasteiger partial charge in [0.2, 0.25) is 0 Å². The van der Waals surface area contributed by atoms with Gasteiger partial charge in [0.15, 0.2) is 0 Å². The molecule has 2 nitrogen and oxygen atoms in total. The normalized spacial score (nSPS) is 35.3. The molecule has 2 aliphatic carbocycles. The van der Waals surface area contributed by atoms with E-state index in [1.807, 2.05) is 0 Å². The standard InChI is InChI=1S/C15H28N2/c1-2-10-17(9-1)11-8-16-15-5-3-4-14(12-15)13-6-7-13/h13-16H,1-12H2. The molecule has 0 aromatic heterocycles. The summed E-state index contributed by atoms with van der Waals surface area (Å²) in [6.45, 7) is 5.20. The molecule has 3 rings (SSSR count). The molecule has 1 heterocycles. The SMILES string of the molecule is C1CC(NCCN2CCCC2)CC(C2CC2)C1. The molecule has 2 unspecified atom stereocenters. The molecule has 2 heteroatoms. The van der Waals surface area contributed by atoms with Crippen molar-refractivity contribution in [3.05, 3.63) is 0 Å². The van der Waals surface area contributed by atoms with Crippen LogP contribution in [0.15, 0.2) is 0 Å². The maximum absolute atomic E-state index is 3.82. The second kappa shape index (κ2) is 5.71. The number of nitrogens with one attached hydrogen (secondary N) is 1. The van der Waals surface area contributed by atoms with E-state index in [1.54, 1.807) is 0 Å². The molecule has 98 valence electrons. The second-order valence-corrected chi connectivity index (χ2v) is 6.46. The Morgan fingerprint density at radius 1 is 0.882 bits per heavy atom. The van der Waals surface area contributed by atoms with Gasteiger partial charge in [-0.05, 0) is 63.5 Å². The number of nitrogens with zero attached hydrogens (tertiary/aromatic N) is 1. The van der Waals surface area contributed by atoms with Gasteiger partial charge in [0, 0.05) is 19.1 Å². The smallest absolute Gasteiger partial charge is 0.0107 e. The van der Waals surface area contributed by atoms with Gasteiger partial charge >= 0.3 is 0 Å². The van der Waals surface area contributed by atoms with Crippen LogP contribution >= 0.6 is 0 Å². The summed E-state index contributed by atoms with van der Waals surface area (Å²) in [4.78, 5) is 2.62. The molecule has 1 N–H and O–H groups in total. The first-order valence-corrected chi connectivity index (χ1v) is 7.87. The van der Waals surface area contributed by atoms with Gasteiger partial charge in [-0.25, -0.2) is 0 Å². The van der Waals surface area contributed by atoms with Crippen molar-refractivity contribution in [3.8, 4) is 0 Å². The number of hydrogen-bond donors (Lipinski definition) is 1. The highest BCUT2D eigenvalue weighted by Crippen LogP contribution is 2.43. The van der Waals surface area contributed by atoms with Crippen LogP contribution in [0.5, 0.6) is 0 Å². The maximum Gasteiger partial charge on any atom is 0.0107 e. The largest absolute Gasteiger partial charge is 0.313 e. The summed E-state index contributed by atoms with van der Waals surface area (Å²) in [6.07, 6.45) is 11.8. The van der Waals surface area contributed by atoms with Gasteiger partial charge < -0.3 is 10.2 Å². The fourth-order valence-electron chi connectivity index (χ4n) is 3.84. The Morgan fingerprint density at radius 2 is 1.71 bits per heavy atom. The van der Waals surface area contributed by atoms with Crippen molar-refractivity contribution in [1.82, 2.24) is 10.2 Å². The predicted molar refractivity (Wildman–Crippen MR) is 72.1 cm³/mol. The molecule has 3 aliphatic rings. The topological polar surface area (TPSA) is 15.3 Å². The molecule has 3 fully saturated rings. The molecule has 2 saturated carbocycles. The summed E-state index contributed by atoms with van der Waals surface area (Å²) in [5.74, 6) is 2.20. The van der Waals surface area contributed by atoms with E-state index in [0.717, 1.165) is 17.9 Å². The second-order valence-electron chi connectivity index (χ2n) is 6.46. The van der Waals surface area contributed by atoms with Crippen LogP contribution in [-0.4, -0.2) is 37.1 Å². The van der Waals surface area contributed by atoms with Gasteiger partial charge in [0.25, 0.3) is 0 Å². The van der Waals surface area contributed by atoms with Gasteiger partial charge in [-0.15, -0.1) is 0 Å². The molecule has 0 bridgehead atoms. The Kier molecular flexibility index (Phi) is 4.02. The lowest BCUT2D eigenvalue weighted by atomic mass is 9.83. The lowest BCUT2D eigenvalue weighted by Gasteiger charge is -2.30. The van der Waals surface area contributed by atoms with Crippen LogP contribution in [0.1, 0.15) is 51.4 Å². The van der Waals surface area contributed by atoms with Gasteiger partial charge in [-0.2, -0.15) is 0 Å². The zero-order valence-electron chi connectivity index (χ0n) is 11.2. The fourth-order valence-corrected chi connectivity index (χ4v) is 3.84. The summed E-state index contributed by atoms with van der Waals surface area (Å²) in [6, 6.07) is 0.844. The van der Waals surface area contributed by atoms with Crippen molar-refractivity contribution in [1.29, 1.82) is 0 Å². The first kappa shape index (κ1) is 12.0. The van der Waals surface area contributed by atoms with E-state index >= 15 is 0 Å². The lowest BCUT2D eigenvalue weighted by molar-refractivity contribution is 0.250. The van der Waals surface area contributed by atoms with E-state index in [1.165, 1.54) is 77.5 Å². The van der Waals surface area contributed by atoms with Gasteiger partial charge in [0.1, 0.15) is 0 Å². The summed E-state index contributed by atoms with van der Waals surface area (Å²) >= 11 is 0. The van der Waals surface area contributed by atoms with E-state index in [2.05, 4.69) is 10.2 Å². The first-order valence-electron chi connectivity index (χ1n) is 7.87. The van der Waals surface area contributed by atoms with E-state index in [-0.39, 0.29) is 0 Å². The van der Waals surface area contributed by atoms with E-state index in [4.69, 9.17) is 0 Å². The average Bonchev–Trinajstić information content (AvgIpc) is 3.09. The van der Waals surface area contributed by atoms with Crippen molar-refractivity contribution in [2.24, 2.45) is 11.8 Å². The quantitative estimate of drug-likeness (QED) is 0.789. The molecule has 17 heavy (non-hydrogen) atoms. The van der Waals surface area contributed by atoms with Crippen LogP contribution < -0.4 is 5.32 Å². The number of rotatable bonds is 5. The molecule has 0 aromatic carbocycles. The molecule has 0 aromatic rings. The summed E-state index contributed by atoms with van der Waals surface area (Å²) in [5, 5.41) is 3.82. The molecule has 0 amide bonds. The van der Waals surface area contributed by atoms with E-state index in [9.17, 15) is 0 Å². The van der Waals surface area contributed by atoms with Crippen LogP contribution in [0.3, 0.4) is 0 Å². The van der Waals surface area contributed by atoms with Crippen LogP contribution in [0.2, 0.25) is 0 Å². The van der Waals surface area contributed by atoms with Crippen LogP contribution in [0, 0.1) is 11.8 Å². The predicted octanol–water partition coefficient (Wildman–Crippen LogP) is 2.64. The van der Waals surface area contributed by atoms with Crippen LogP contribution in [0.25, 0.3) is 0 Å². The third kappa shape index (κ3) is 3.45. The number of hydrogen-bond acceptors (Lipinski definition) is 2. The third-order valence-electron chi connectivity index (χ3n) is 5.06. The summed E-state index contributed by atoms with van der Waals surface area (Å²) in [5.41, 5.74) is 0. The molecule has 1 saturated heterocycles. The van der Waals surface area contributed by atoms with Crippen LogP contribution in [-0.2, 0) is 0 Å². The highest BCUT2D eigenvalue weighted by Gasteiger charge is 2.34. The molecular weight excluding hydrogens is 208 g/mol. The molecular formula is C15H28N2. The lowest BCUT2D eigenvalue weighted by Crippen LogP contribution is -2.39. The van der Waals surface area contributed by atoms with Gasteiger partial charge in [0.05, 0.1) is 0 Å². The van der Waals surface area contributed by atoms with Crippen molar-refractivity contribution >= 4 is 0 Å². The molecule has 1 aliphatic heterocycles. The Balaban J connectivity index is 1.33. The highest BCUT2D eigenvalue weighted by atomic mass is 15.2. The Labute approximate surface area is 106 Å². The van der Waals surface area contributed by atoms with E-state index < -0.39 is 0 Å². The summed E-state index contributed by atoms with van der Waals surface area (Å²) < 4.78 is 0. The van der Waals surface area contributed by atoms with Crippen LogP contribution in [0.4, 0.5) is 0 Å². The van der Waals surface area contributed by atoms with Gasteiger partial charge in [-0.3, -0.25) is 0 Å². The van der Waals surface area contributed by atoms with Crippen molar-refractivity contribution < 1.29 is 0 Å².